The van der Waals surface area contributed by atoms with Gasteiger partial charge >= 0.3 is 0 Å². The van der Waals surface area contributed by atoms with Crippen molar-refractivity contribution in [2.24, 2.45) is 5.41 Å². The Hall–Kier alpha value is -5.32. The number of nitrogens with zero attached hydrogens (tertiary/aromatic N) is 10. The highest BCUT2D eigenvalue weighted by Crippen LogP contribution is 2.34. The van der Waals surface area contributed by atoms with Gasteiger partial charge in [0, 0.05) is 11.5 Å². The molecule has 0 N–H and O–H groups in total. The van der Waals surface area contributed by atoms with Gasteiger partial charge in [-0.1, -0.05) is 51.0 Å². The lowest BCUT2D eigenvalue weighted by Gasteiger charge is -2.26. The molecule has 4 rings (SSSR count). The van der Waals surface area contributed by atoms with E-state index in [2.05, 4.69) is 46.5 Å². The van der Waals surface area contributed by atoms with Crippen molar-refractivity contribution in [1.82, 2.24) is 29.1 Å². The van der Waals surface area contributed by atoms with E-state index in [0.717, 1.165) is 5.56 Å². The Balaban J connectivity index is 1.87. The lowest BCUT2D eigenvalue weighted by molar-refractivity contribution is 0.409. The number of aromatic nitrogens is 6. The van der Waals surface area contributed by atoms with Crippen LogP contribution in [-0.4, -0.2) is 29.1 Å². The predicted octanol–water partition coefficient (Wildman–Crippen LogP) is 5.61. The van der Waals surface area contributed by atoms with E-state index < -0.39 is 5.41 Å². The van der Waals surface area contributed by atoms with Gasteiger partial charge in [-0.15, -0.1) is 0 Å². The highest BCUT2D eigenvalue weighted by atomic mass is 15.2. The van der Waals surface area contributed by atoms with Crippen LogP contribution in [0.2, 0.25) is 0 Å². The molecule has 0 saturated carbocycles. The monoisotopic (exact) mass is 500 g/mol. The molecule has 0 bridgehead atoms. The lowest BCUT2D eigenvalue weighted by atomic mass is 9.83. The standard InChI is InChI=1S/C28H24N10/c1-27(2,3)13-18-11-12-22(36-25(18)37-16-33-19(14-29)20(37)15-30)28(4,5)21-9-8-10-23(35-21)38-17-34-24(31-6)26(38)32-7/h8-12,16-17H,13H2,1-5H3. The zero-order valence-electron chi connectivity index (χ0n) is 21.7. The van der Waals surface area contributed by atoms with Crippen LogP contribution >= 0.6 is 0 Å². The van der Waals surface area contributed by atoms with Crippen molar-refractivity contribution in [2.45, 2.75) is 46.5 Å². The summed E-state index contributed by atoms with van der Waals surface area (Å²) >= 11 is 0. The SMILES string of the molecule is [C-]#[N+]c1ncn(-c2cccc(C(C)(C)c3ccc(CC(C)(C)C)c(-n4cnc(C#N)c4C#N)n3)n2)c1[N+]#[C-]. The molecule has 0 aliphatic rings. The Morgan fingerprint density at radius 2 is 1.58 bits per heavy atom. The minimum atomic E-state index is -0.683. The smallest absolute Gasteiger partial charge is 0.293 e. The molecule has 0 aliphatic carbocycles. The van der Waals surface area contributed by atoms with Crippen molar-refractivity contribution in [3.63, 3.8) is 0 Å². The molecule has 0 aliphatic heterocycles. The van der Waals surface area contributed by atoms with Gasteiger partial charge in [0.05, 0.1) is 11.4 Å². The van der Waals surface area contributed by atoms with Gasteiger partial charge in [-0.3, -0.25) is 4.57 Å². The summed E-state index contributed by atoms with van der Waals surface area (Å²) in [7, 11) is 0. The third-order valence-electron chi connectivity index (χ3n) is 6.08. The molecule has 186 valence electrons. The second-order valence-electron chi connectivity index (χ2n) is 10.4. The molecule has 0 aromatic carbocycles. The van der Waals surface area contributed by atoms with Crippen LogP contribution in [0.15, 0.2) is 43.0 Å². The van der Waals surface area contributed by atoms with Gasteiger partial charge in [0.2, 0.25) is 5.82 Å². The third-order valence-corrected chi connectivity index (χ3v) is 6.08. The van der Waals surface area contributed by atoms with Crippen LogP contribution in [-0.2, 0) is 11.8 Å². The lowest BCUT2D eigenvalue weighted by Crippen LogP contribution is -2.24. The van der Waals surface area contributed by atoms with Crippen molar-refractivity contribution >= 4 is 11.6 Å². The topological polar surface area (TPSA) is 118 Å². The predicted molar refractivity (Wildman–Crippen MR) is 140 cm³/mol. The first kappa shape index (κ1) is 25.8. The fourth-order valence-corrected chi connectivity index (χ4v) is 4.16. The maximum absolute atomic E-state index is 9.77. The first-order valence-electron chi connectivity index (χ1n) is 11.7. The molecule has 10 nitrogen and oxygen atoms in total. The summed E-state index contributed by atoms with van der Waals surface area (Å²) in [5, 5.41) is 19.2. The van der Waals surface area contributed by atoms with Gasteiger partial charge in [-0.25, -0.2) is 19.5 Å². The van der Waals surface area contributed by atoms with E-state index in [1.54, 1.807) is 10.6 Å². The average Bonchev–Trinajstić information content (AvgIpc) is 3.51. The molecule has 38 heavy (non-hydrogen) atoms. The van der Waals surface area contributed by atoms with Gasteiger partial charge in [0.15, 0.2) is 11.4 Å². The summed E-state index contributed by atoms with van der Waals surface area (Å²) in [5.41, 5.74) is 1.75. The van der Waals surface area contributed by atoms with Crippen LogP contribution in [0.5, 0.6) is 0 Å². The second kappa shape index (κ2) is 9.62. The van der Waals surface area contributed by atoms with E-state index >= 15 is 0 Å². The molecule has 0 unspecified atom stereocenters. The second-order valence-corrected chi connectivity index (χ2v) is 10.4. The van der Waals surface area contributed by atoms with Gasteiger partial charge in [0.1, 0.15) is 24.3 Å². The molecule has 4 heterocycles. The molecule has 0 fully saturated rings. The van der Waals surface area contributed by atoms with Crippen molar-refractivity contribution in [1.29, 1.82) is 10.5 Å². The van der Waals surface area contributed by atoms with E-state index in [9.17, 15) is 10.5 Å². The Kier molecular flexibility index (Phi) is 6.52. The zero-order chi connectivity index (χ0) is 27.7. The van der Waals surface area contributed by atoms with E-state index in [4.69, 9.17) is 23.1 Å². The molecule has 4 aromatic rings. The van der Waals surface area contributed by atoms with E-state index in [-0.39, 0.29) is 28.4 Å². The first-order valence-corrected chi connectivity index (χ1v) is 11.7. The number of imidazole rings is 2. The molecule has 10 heteroatoms. The summed E-state index contributed by atoms with van der Waals surface area (Å²) in [5.74, 6) is 1.14. The molecule has 4 aromatic heterocycles. The Morgan fingerprint density at radius 1 is 0.868 bits per heavy atom. The fraction of sp³-hybridized carbons (Fsp3) is 0.286. The average molecular weight is 501 g/mol. The number of rotatable bonds is 5. The van der Waals surface area contributed by atoms with Crippen LogP contribution in [0.3, 0.4) is 0 Å². The van der Waals surface area contributed by atoms with Gasteiger partial charge in [-0.2, -0.15) is 10.5 Å². The Bertz CT molecular complexity index is 1700. The summed E-state index contributed by atoms with van der Waals surface area (Å²) < 4.78 is 3.07. The number of nitriles is 2. The third kappa shape index (κ3) is 4.60. The maximum atomic E-state index is 9.77. The number of pyridine rings is 2. The number of hydrogen-bond donors (Lipinski definition) is 0. The van der Waals surface area contributed by atoms with E-state index in [1.807, 2.05) is 44.2 Å². The molecule has 0 saturated heterocycles. The van der Waals surface area contributed by atoms with E-state index in [1.165, 1.54) is 17.2 Å². The summed E-state index contributed by atoms with van der Waals surface area (Å²) in [6, 6.07) is 13.5. The van der Waals surface area contributed by atoms with Gasteiger partial charge in [-0.05, 0) is 43.4 Å². The Labute approximate surface area is 221 Å². The largest absolute Gasteiger partial charge is 0.373 e. The van der Waals surface area contributed by atoms with Crippen LogP contribution in [0.25, 0.3) is 21.3 Å². The van der Waals surface area contributed by atoms with Crippen LogP contribution in [0.4, 0.5) is 11.6 Å². The summed E-state index contributed by atoms with van der Waals surface area (Å²) in [6.45, 7) is 25.1. The highest BCUT2D eigenvalue weighted by molar-refractivity contribution is 5.64. The molecule has 0 spiro atoms. The molecule has 0 amide bonds. The van der Waals surface area contributed by atoms with Crippen molar-refractivity contribution in [3.05, 3.63) is 94.2 Å². The molecule has 0 atom stereocenters. The van der Waals surface area contributed by atoms with Crippen molar-refractivity contribution in [2.75, 3.05) is 0 Å². The first-order chi connectivity index (χ1) is 18.0. The molecule has 0 radical (unpaired) electrons. The van der Waals surface area contributed by atoms with E-state index in [0.29, 0.717) is 29.4 Å². The van der Waals surface area contributed by atoms with Crippen molar-refractivity contribution < 1.29 is 0 Å². The molecular weight excluding hydrogens is 476 g/mol. The van der Waals surface area contributed by atoms with Crippen molar-refractivity contribution in [3.8, 4) is 23.8 Å². The number of hydrogen-bond acceptors (Lipinski definition) is 6. The zero-order valence-corrected chi connectivity index (χ0v) is 21.7. The quantitative estimate of drug-likeness (QED) is 0.329. The van der Waals surface area contributed by atoms with Gasteiger partial charge < -0.3 is 9.69 Å². The minimum absolute atomic E-state index is 0.0255. The van der Waals surface area contributed by atoms with Crippen LogP contribution in [0.1, 0.15) is 63.0 Å². The summed E-state index contributed by atoms with van der Waals surface area (Å²) in [4.78, 5) is 24.7. The normalized spacial score (nSPS) is 11.3. The molecular formula is C28H24N10. The Morgan fingerprint density at radius 3 is 2.21 bits per heavy atom. The van der Waals surface area contributed by atoms with Crippen LogP contribution in [0, 0.1) is 41.2 Å². The summed E-state index contributed by atoms with van der Waals surface area (Å²) in [6.07, 6.45) is 3.58. The maximum Gasteiger partial charge on any atom is 0.293 e. The minimum Gasteiger partial charge on any atom is -0.373 e. The van der Waals surface area contributed by atoms with Crippen LogP contribution < -0.4 is 0 Å². The fourth-order valence-electron chi connectivity index (χ4n) is 4.16. The van der Waals surface area contributed by atoms with Gasteiger partial charge in [0.25, 0.3) is 18.0 Å². The highest BCUT2D eigenvalue weighted by Gasteiger charge is 2.30.